The first-order valence-electron chi connectivity index (χ1n) is 7.13. The van der Waals surface area contributed by atoms with Crippen LogP contribution in [0.3, 0.4) is 0 Å². The van der Waals surface area contributed by atoms with E-state index in [1.54, 1.807) is 37.4 Å². The minimum atomic E-state index is -0.297. The predicted octanol–water partition coefficient (Wildman–Crippen LogP) is 2.59. The van der Waals surface area contributed by atoms with E-state index in [0.29, 0.717) is 23.8 Å². The number of amides is 1. The van der Waals surface area contributed by atoms with Crippen LogP contribution in [0.15, 0.2) is 42.5 Å². The van der Waals surface area contributed by atoms with Gasteiger partial charge in [-0.15, -0.1) is 0 Å². The van der Waals surface area contributed by atoms with Crippen LogP contribution in [0.4, 0.5) is 4.39 Å². The molecule has 23 heavy (non-hydrogen) atoms. The highest BCUT2D eigenvalue weighted by Gasteiger charge is 2.15. The van der Waals surface area contributed by atoms with Crippen LogP contribution >= 0.6 is 0 Å². The van der Waals surface area contributed by atoms with Gasteiger partial charge in [-0.25, -0.2) is 4.39 Å². The summed E-state index contributed by atoms with van der Waals surface area (Å²) in [4.78, 5) is 13.6. The maximum absolute atomic E-state index is 12.9. The van der Waals surface area contributed by atoms with E-state index in [1.165, 1.54) is 17.0 Å². The van der Waals surface area contributed by atoms with E-state index < -0.39 is 0 Å². The normalized spacial score (nSPS) is 12.1. The summed E-state index contributed by atoms with van der Waals surface area (Å²) >= 11 is 0. The summed E-state index contributed by atoms with van der Waals surface area (Å²) in [7, 11) is 1.68. The molecule has 0 unspecified atom stereocenters. The van der Waals surface area contributed by atoms with Crippen LogP contribution in [0, 0.1) is 5.82 Å². The van der Waals surface area contributed by atoms with Crippen molar-refractivity contribution < 1.29 is 23.4 Å². The highest BCUT2D eigenvalue weighted by molar-refractivity contribution is 5.77. The number of hydrogen-bond acceptors (Lipinski definition) is 4. The molecule has 0 aliphatic carbocycles. The molecule has 2 aromatic rings. The van der Waals surface area contributed by atoms with Crippen molar-refractivity contribution in [3.8, 4) is 17.2 Å². The lowest BCUT2D eigenvalue weighted by molar-refractivity contribution is -0.132. The van der Waals surface area contributed by atoms with E-state index in [9.17, 15) is 9.18 Å². The van der Waals surface area contributed by atoms with Gasteiger partial charge in [0.1, 0.15) is 11.6 Å². The van der Waals surface area contributed by atoms with E-state index in [2.05, 4.69) is 0 Å². The number of hydrogen-bond donors (Lipinski definition) is 0. The number of carbonyl (C=O) groups is 1. The SMILES string of the molecule is CN(Cc1ccc(F)cc1)C(=O)COc1ccc2c(c1)OCO2. The molecule has 0 radical (unpaired) electrons. The molecule has 0 saturated carbocycles. The molecule has 2 aromatic carbocycles. The first kappa shape index (κ1) is 15.1. The molecule has 0 bridgehead atoms. The topological polar surface area (TPSA) is 48.0 Å². The summed E-state index contributed by atoms with van der Waals surface area (Å²) in [5.41, 5.74) is 0.852. The highest BCUT2D eigenvalue weighted by Crippen LogP contribution is 2.35. The first-order valence-corrected chi connectivity index (χ1v) is 7.13. The average Bonchev–Trinajstić information content (AvgIpc) is 3.02. The molecule has 120 valence electrons. The highest BCUT2D eigenvalue weighted by atomic mass is 19.1. The van der Waals surface area contributed by atoms with Crippen molar-refractivity contribution in [2.24, 2.45) is 0 Å². The molecule has 0 saturated heterocycles. The first-order chi connectivity index (χ1) is 11.1. The number of carbonyl (C=O) groups excluding carboxylic acids is 1. The Morgan fingerprint density at radius 3 is 2.70 bits per heavy atom. The zero-order valence-corrected chi connectivity index (χ0v) is 12.6. The van der Waals surface area contributed by atoms with E-state index in [4.69, 9.17) is 14.2 Å². The van der Waals surface area contributed by atoms with Crippen molar-refractivity contribution >= 4 is 5.91 Å². The predicted molar refractivity (Wildman–Crippen MR) is 80.9 cm³/mol. The average molecular weight is 317 g/mol. The van der Waals surface area contributed by atoms with Crippen LogP contribution in [0.5, 0.6) is 17.2 Å². The van der Waals surface area contributed by atoms with E-state index >= 15 is 0 Å². The lowest BCUT2D eigenvalue weighted by Gasteiger charge is -2.17. The lowest BCUT2D eigenvalue weighted by Crippen LogP contribution is -2.30. The minimum Gasteiger partial charge on any atom is -0.484 e. The molecule has 1 amide bonds. The van der Waals surface area contributed by atoms with Crippen molar-refractivity contribution in [2.45, 2.75) is 6.54 Å². The van der Waals surface area contributed by atoms with Gasteiger partial charge in [-0.1, -0.05) is 12.1 Å². The standard InChI is InChI=1S/C17H16FNO4/c1-19(9-12-2-4-13(18)5-3-12)17(20)10-21-14-6-7-15-16(8-14)23-11-22-15/h2-8H,9-11H2,1H3. The Morgan fingerprint density at radius 2 is 1.91 bits per heavy atom. The third-order valence-electron chi connectivity index (χ3n) is 3.47. The van der Waals surface area contributed by atoms with E-state index in [-0.39, 0.29) is 25.1 Å². The summed E-state index contributed by atoms with van der Waals surface area (Å²) in [6.45, 7) is 0.499. The number of fused-ring (bicyclic) bond motifs is 1. The Kier molecular flexibility index (Phi) is 4.32. The molecule has 0 atom stereocenters. The van der Waals surface area contributed by atoms with Gasteiger partial charge < -0.3 is 19.1 Å². The van der Waals surface area contributed by atoms with Gasteiger partial charge in [-0.3, -0.25) is 4.79 Å². The molecule has 0 spiro atoms. The fourth-order valence-electron chi connectivity index (χ4n) is 2.17. The third kappa shape index (κ3) is 3.71. The van der Waals surface area contributed by atoms with Gasteiger partial charge in [-0.2, -0.15) is 0 Å². The number of ether oxygens (including phenoxy) is 3. The Hall–Kier alpha value is -2.76. The smallest absolute Gasteiger partial charge is 0.260 e. The third-order valence-corrected chi connectivity index (χ3v) is 3.47. The summed E-state index contributed by atoms with van der Waals surface area (Å²) in [5.74, 6) is 1.34. The molecule has 1 aliphatic rings. The quantitative estimate of drug-likeness (QED) is 0.850. The zero-order valence-electron chi connectivity index (χ0n) is 12.6. The molecule has 1 aliphatic heterocycles. The van der Waals surface area contributed by atoms with Crippen LogP contribution in [-0.4, -0.2) is 31.3 Å². The van der Waals surface area contributed by atoms with Gasteiger partial charge in [0.25, 0.3) is 5.91 Å². The summed E-state index contributed by atoms with van der Waals surface area (Å²) in [6, 6.07) is 11.2. The fraction of sp³-hybridized carbons (Fsp3) is 0.235. The summed E-state index contributed by atoms with van der Waals surface area (Å²) in [6.07, 6.45) is 0. The molecule has 5 nitrogen and oxygen atoms in total. The summed E-state index contributed by atoms with van der Waals surface area (Å²) < 4.78 is 28.8. The van der Waals surface area contributed by atoms with Crippen molar-refractivity contribution in [1.29, 1.82) is 0 Å². The Labute approximate surface area is 133 Å². The Balaban J connectivity index is 1.53. The van der Waals surface area contributed by atoms with Gasteiger partial charge in [0.2, 0.25) is 6.79 Å². The van der Waals surface area contributed by atoms with Gasteiger partial charge >= 0.3 is 0 Å². The second-order valence-corrected chi connectivity index (χ2v) is 5.18. The van der Waals surface area contributed by atoms with Crippen LogP contribution < -0.4 is 14.2 Å². The van der Waals surface area contributed by atoms with Crippen molar-refractivity contribution in [2.75, 3.05) is 20.4 Å². The van der Waals surface area contributed by atoms with E-state index in [1.807, 2.05) is 0 Å². The fourth-order valence-corrected chi connectivity index (χ4v) is 2.17. The van der Waals surface area contributed by atoms with Gasteiger partial charge in [0.15, 0.2) is 18.1 Å². The van der Waals surface area contributed by atoms with Crippen LogP contribution in [0.1, 0.15) is 5.56 Å². The number of halogens is 1. The zero-order chi connectivity index (χ0) is 16.2. The van der Waals surface area contributed by atoms with Crippen molar-refractivity contribution in [3.63, 3.8) is 0 Å². The minimum absolute atomic E-state index is 0.0860. The van der Waals surface area contributed by atoms with E-state index in [0.717, 1.165) is 5.56 Å². The van der Waals surface area contributed by atoms with Gasteiger partial charge in [0, 0.05) is 19.7 Å². The molecule has 6 heteroatoms. The molecule has 0 fully saturated rings. The largest absolute Gasteiger partial charge is 0.484 e. The number of benzene rings is 2. The second kappa shape index (κ2) is 6.56. The number of likely N-dealkylation sites (N-methyl/N-ethyl adjacent to an activating group) is 1. The van der Waals surface area contributed by atoms with Gasteiger partial charge in [0.05, 0.1) is 0 Å². The molecular weight excluding hydrogens is 301 g/mol. The summed E-state index contributed by atoms with van der Waals surface area (Å²) in [5, 5.41) is 0. The molecule has 3 rings (SSSR count). The Bertz CT molecular complexity index is 702. The number of nitrogens with zero attached hydrogens (tertiary/aromatic N) is 1. The maximum atomic E-state index is 12.9. The van der Waals surface area contributed by atoms with Crippen LogP contribution in [-0.2, 0) is 11.3 Å². The van der Waals surface area contributed by atoms with Crippen LogP contribution in [0.2, 0.25) is 0 Å². The monoisotopic (exact) mass is 317 g/mol. The lowest BCUT2D eigenvalue weighted by atomic mass is 10.2. The van der Waals surface area contributed by atoms with Crippen molar-refractivity contribution in [1.82, 2.24) is 4.90 Å². The maximum Gasteiger partial charge on any atom is 0.260 e. The number of rotatable bonds is 5. The van der Waals surface area contributed by atoms with Crippen LogP contribution in [0.25, 0.3) is 0 Å². The van der Waals surface area contributed by atoms with Crippen molar-refractivity contribution in [3.05, 3.63) is 53.8 Å². The Morgan fingerprint density at radius 1 is 1.17 bits per heavy atom. The second-order valence-electron chi connectivity index (χ2n) is 5.18. The van der Waals surface area contributed by atoms with Gasteiger partial charge in [-0.05, 0) is 29.8 Å². The molecular formula is C17H16FNO4. The molecule has 0 N–H and O–H groups in total. The molecule has 1 heterocycles. The molecule has 0 aromatic heterocycles.